The van der Waals surface area contributed by atoms with Crippen molar-refractivity contribution in [2.75, 3.05) is 30.7 Å². The molecule has 0 atom stereocenters. The van der Waals surface area contributed by atoms with Crippen LogP contribution in [0.3, 0.4) is 0 Å². The number of nitrogens with one attached hydrogen (secondary N) is 3. The van der Waals surface area contributed by atoms with Crippen molar-refractivity contribution in [2.45, 2.75) is 33.7 Å². The van der Waals surface area contributed by atoms with Crippen LogP contribution in [-0.2, 0) is 6.54 Å². The lowest BCUT2D eigenvalue weighted by atomic mass is 10.2. The van der Waals surface area contributed by atoms with E-state index in [4.69, 9.17) is 5.73 Å². The summed E-state index contributed by atoms with van der Waals surface area (Å²) in [6.45, 7) is 8.51. The molecule has 0 aliphatic carbocycles. The second-order valence-corrected chi connectivity index (χ2v) is 7.12. The highest BCUT2D eigenvalue weighted by atomic mass is 16.2. The fourth-order valence-electron chi connectivity index (χ4n) is 2.81. The Balaban J connectivity index is 2.04. The van der Waals surface area contributed by atoms with E-state index >= 15 is 0 Å². The number of para-hydroxylation sites is 2. The van der Waals surface area contributed by atoms with E-state index in [0.717, 1.165) is 30.8 Å². The van der Waals surface area contributed by atoms with Gasteiger partial charge in [-0.3, -0.25) is 9.78 Å². The van der Waals surface area contributed by atoms with Crippen LogP contribution in [0.25, 0.3) is 0 Å². The number of rotatable bonds is 10. The van der Waals surface area contributed by atoms with E-state index in [1.54, 1.807) is 41.4 Å². The highest BCUT2D eigenvalue weighted by Gasteiger charge is 2.15. The quantitative estimate of drug-likeness (QED) is 0.345. The van der Waals surface area contributed by atoms with Gasteiger partial charge in [0.15, 0.2) is 0 Å². The van der Waals surface area contributed by atoms with Crippen LogP contribution in [0.1, 0.15) is 43.2 Å². The molecule has 0 aliphatic rings. The number of hydrogen-bond acceptors (Lipinski definition) is 5. The minimum atomic E-state index is -0.339. The first-order chi connectivity index (χ1) is 14.9. The number of nitrogen functional groups attached to an aromatic ring is 1. The average molecular weight is 425 g/mol. The Labute approximate surface area is 183 Å². The summed E-state index contributed by atoms with van der Waals surface area (Å²) in [5.41, 5.74) is 8.82. The van der Waals surface area contributed by atoms with Crippen molar-refractivity contribution in [2.24, 2.45) is 0 Å². The molecule has 0 saturated carbocycles. The summed E-state index contributed by atoms with van der Waals surface area (Å²) in [4.78, 5) is 31.1. The Bertz CT molecular complexity index is 895. The molecule has 1 aromatic heterocycles. The number of benzene rings is 1. The number of allylic oxidation sites excluding steroid dienone is 2. The van der Waals surface area contributed by atoms with Crippen LogP contribution in [0.5, 0.6) is 0 Å². The first kappa shape index (κ1) is 23.9. The third-order valence-electron chi connectivity index (χ3n) is 4.70. The number of nitrogens with zero attached hydrogens (tertiary/aromatic N) is 2. The zero-order valence-corrected chi connectivity index (χ0v) is 18.4. The van der Waals surface area contributed by atoms with E-state index in [1.165, 1.54) is 0 Å². The molecule has 0 fully saturated rings. The minimum absolute atomic E-state index is 0.159. The summed E-state index contributed by atoms with van der Waals surface area (Å²) in [6.07, 6.45) is 4.31. The molecule has 2 aromatic rings. The van der Waals surface area contributed by atoms with Gasteiger partial charge in [0.25, 0.3) is 5.91 Å². The third-order valence-corrected chi connectivity index (χ3v) is 4.70. The molecule has 166 valence electrons. The number of anilines is 2. The number of carbonyl (C=O) groups excluding carboxylic acids is 2. The molecule has 1 heterocycles. The predicted octanol–water partition coefficient (Wildman–Crippen LogP) is 3.35. The Hall–Kier alpha value is -3.39. The molecule has 0 saturated heterocycles. The Morgan fingerprint density at radius 3 is 2.61 bits per heavy atom. The van der Waals surface area contributed by atoms with Crippen LogP contribution in [-0.4, -0.2) is 41.5 Å². The summed E-state index contributed by atoms with van der Waals surface area (Å²) in [5.74, 6) is -0.339. The molecule has 8 nitrogen and oxygen atoms in total. The first-order valence-corrected chi connectivity index (χ1v) is 10.4. The zero-order valence-electron chi connectivity index (χ0n) is 18.4. The number of nitrogens with two attached hydrogens (primary N) is 1. The second kappa shape index (κ2) is 12.3. The number of amides is 3. The van der Waals surface area contributed by atoms with Gasteiger partial charge < -0.3 is 26.6 Å². The lowest BCUT2D eigenvalue weighted by Gasteiger charge is -2.23. The highest BCUT2D eigenvalue weighted by Crippen LogP contribution is 2.17. The van der Waals surface area contributed by atoms with Crippen molar-refractivity contribution in [3.8, 4) is 0 Å². The van der Waals surface area contributed by atoms with Crippen LogP contribution in [0.4, 0.5) is 16.2 Å². The van der Waals surface area contributed by atoms with Crippen molar-refractivity contribution in [1.82, 2.24) is 20.5 Å². The Morgan fingerprint density at radius 2 is 1.97 bits per heavy atom. The predicted molar refractivity (Wildman–Crippen MR) is 125 cm³/mol. The van der Waals surface area contributed by atoms with Gasteiger partial charge in [0.1, 0.15) is 5.69 Å². The van der Waals surface area contributed by atoms with Crippen LogP contribution in [0.15, 0.2) is 54.4 Å². The monoisotopic (exact) mass is 424 g/mol. The number of hydrogen-bond donors (Lipinski definition) is 4. The molecule has 31 heavy (non-hydrogen) atoms. The molecular weight excluding hydrogens is 392 g/mol. The Morgan fingerprint density at radius 1 is 1.19 bits per heavy atom. The van der Waals surface area contributed by atoms with Crippen LogP contribution >= 0.6 is 0 Å². The molecule has 0 spiro atoms. The lowest BCUT2D eigenvalue weighted by molar-refractivity contribution is 0.102. The van der Waals surface area contributed by atoms with Gasteiger partial charge >= 0.3 is 6.03 Å². The largest absolute Gasteiger partial charge is 0.397 e. The maximum absolute atomic E-state index is 12.6. The SMILES string of the molecule is C/C=C(\C)NC(=O)N(CCCNCC)Cc1ccc(C(=O)Nc2ccccc2N)nc1. The maximum Gasteiger partial charge on any atom is 0.321 e. The van der Waals surface area contributed by atoms with Gasteiger partial charge in [-0.05, 0) is 57.1 Å². The molecule has 5 N–H and O–H groups in total. The summed E-state index contributed by atoms with van der Waals surface area (Å²) in [7, 11) is 0. The molecule has 0 bridgehead atoms. The third kappa shape index (κ3) is 7.75. The number of urea groups is 1. The molecule has 1 aromatic carbocycles. The fourth-order valence-corrected chi connectivity index (χ4v) is 2.81. The molecule has 0 unspecified atom stereocenters. The van der Waals surface area contributed by atoms with Gasteiger partial charge in [-0.25, -0.2) is 4.79 Å². The molecular formula is C23H32N6O2. The van der Waals surface area contributed by atoms with E-state index in [1.807, 2.05) is 26.0 Å². The molecule has 0 radical (unpaired) electrons. The standard InChI is InChI=1S/C23H32N6O2/c1-4-17(3)27-23(31)29(14-8-13-25-5-2)16-18-11-12-21(26-15-18)22(30)28-20-10-7-6-9-19(20)24/h4,6-7,9-12,15,25H,5,8,13-14,16,24H2,1-3H3,(H,27,31)(H,28,30)/b17-4+. The molecule has 3 amide bonds. The first-order valence-electron chi connectivity index (χ1n) is 10.4. The summed E-state index contributed by atoms with van der Waals surface area (Å²) in [5, 5.41) is 8.91. The molecule has 0 aliphatic heterocycles. The molecule has 2 rings (SSSR count). The fraction of sp³-hybridized carbons (Fsp3) is 0.348. The van der Waals surface area contributed by atoms with Gasteiger partial charge in [-0.15, -0.1) is 0 Å². The summed E-state index contributed by atoms with van der Waals surface area (Å²) in [6, 6.07) is 10.4. The topological polar surface area (TPSA) is 112 Å². The van der Waals surface area contributed by atoms with Crippen LogP contribution in [0, 0.1) is 0 Å². The van der Waals surface area contributed by atoms with Crippen molar-refractivity contribution in [3.05, 3.63) is 65.6 Å². The van der Waals surface area contributed by atoms with E-state index in [2.05, 4.69) is 27.9 Å². The highest BCUT2D eigenvalue weighted by molar-refractivity contribution is 6.04. The van der Waals surface area contributed by atoms with Gasteiger partial charge in [0.05, 0.1) is 11.4 Å². The summed E-state index contributed by atoms with van der Waals surface area (Å²) >= 11 is 0. The second-order valence-electron chi connectivity index (χ2n) is 7.12. The van der Waals surface area contributed by atoms with Crippen molar-refractivity contribution >= 4 is 23.3 Å². The van der Waals surface area contributed by atoms with Crippen LogP contribution < -0.4 is 21.7 Å². The van der Waals surface area contributed by atoms with Gasteiger partial charge in [-0.1, -0.05) is 31.2 Å². The lowest BCUT2D eigenvalue weighted by Crippen LogP contribution is -2.40. The Kier molecular flexibility index (Phi) is 9.51. The van der Waals surface area contributed by atoms with E-state index in [0.29, 0.717) is 24.5 Å². The van der Waals surface area contributed by atoms with E-state index in [-0.39, 0.29) is 17.6 Å². The maximum atomic E-state index is 12.6. The van der Waals surface area contributed by atoms with Crippen molar-refractivity contribution < 1.29 is 9.59 Å². The van der Waals surface area contributed by atoms with Crippen molar-refractivity contribution in [1.29, 1.82) is 0 Å². The normalized spacial score (nSPS) is 11.1. The molecule has 8 heteroatoms. The number of pyridine rings is 1. The average Bonchev–Trinajstić information content (AvgIpc) is 2.77. The van der Waals surface area contributed by atoms with Crippen LogP contribution in [0.2, 0.25) is 0 Å². The van der Waals surface area contributed by atoms with E-state index < -0.39 is 0 Å². The number of carbonyl (C=O) groups is 2. The zero-order chi connectivity index (χ0) is 22.6. The summed E-state index contributed by atoms with van der Waals surface area (Å²) < 4.78 is 0. The minimum Gasteiger partial charge on any atom is -0.397 e. The van der Waals surface area contributed by atoms with E-state index in [9.17, 15) is 9.59 Å². The van der Waals surface area contributed by atoms with Gasteiger partial charge in [0.2, 0.25) is 0 Å². The van der Waals surface area contributed by atoms with Gasteiger partial charge in [0, 0.05) is 25.0 Å². The van der Waals surface area contributed by atoms with Crippen molar-refractivity contribution in [3.63, 3.8) is 0 Å². The smallest absolute Gasteiger partial charge is 0.321 e. The number of aromatic nitrogens is 1. The van der Waals surface area contributed by atoms with Gasteiger partial charge in [-0.2, -0.15) is 0 Å².